The first-order valence-electron chi connectivity index (χ1n) is 5.85. The van der Waals surface area contributed by atoms with Crippen molar-refractivity contribution in [3.63, 3.8) is 0 Å². The fraction of sp³-hybridized carbons (Fsp3) is 1.00. The maximum absolute atomic E-state index is 10.3. The minimum absolute atomic E-state index is 0.132. The van der Waals surface area contributed by atoms with E-state index in [0.717, 1.165) is 32.3 Å². The SMILES string of the molecule is NC1CCCC(O)(COC2CCOC2)C1. The van der Waals surface area contributed by atoms with Crippen molar-refractivity contribution in [2.45, 2.75) is 49.9 Å². The van der Waals surface area contributed by atoms with Crippen LogP contribution in [0.3, 0.4) is 0 Å². The van der Waals surface area contributed by atoms with E-state index in [1.807, 2.05) is 0 Å². The lowest BCUT2D eigenvalue weighted by Gasteiger charge is -2.35. The summed E-state index contributed by atoms with van der Waals surface area (Å²) in [5.41, 5.74) is 5.16. The predicted octanol–water partition coefficient (Wildman–Crippen LogP) is 0.424. The van der Waals surface area contributed by atoms with Crippen molar-refractivity contribution in [2.75, 3.05) is 19.8 Å². The highest BCUT2D eigenvalue weighted by atomic mass is 16.5. The van der Waals surface area contributed by atoms with Crippen LogP contribution in [0.2, 0.25) is 0 Å². The zero-order valence-electron chi connectivity index (χ0n) is 9.15. The van der Waals surface area contributed by atoms with Crippen LogP contribution in [0.1, 0.15) is 32.1 Å². The number of hydrogen-bond acceptors (Lipinski definition) is 4. The first-order valence-corrected chi connectivity index (χ1v) is 5.85. The van der Waals surface area contributed by atoms with Crippen LogP contribution in [0.15, 0.2) is 0 Å². The molecule has 0 aromatic heterocycles. The predicted molar refractivity (Wildman–Crippen MR) is 56.6 cm³/mol. The van der Waals surface area contributed by atoms with Gasteiger partial charge in [0.25, 0.3) is 0 Å². The van der Waals surface area contributed by atoms with Crippen LogP contribution in [-0.4, -0.2) is 42.7 Å². The molecule has 1 saturated heterocycles. The zero-order valence-corrected chi connectivity index (χ0v) is 9.15. The second kappa shape index (κ2) is 4.78. The van der Waals surface area contributed by atoms with Gasteiger partial charge >= 0.3 is 0 Å². The molecule has 0 spiro atoms. The van der Waals surface area contributed by atoms with E-state index in [0.29, 0.717) is 19.6 Å². The van der Waals surface area contributed by atoms with E-state index in [1.54, 1.807) is 0 Å². The molecule has 0 amide bonds. The van der Waals surface area contributed by atoms with Gasteiger partial charge in [0.1, 0.15) is 0 Å². The molecule has 0 radical (unpaired) electrons. The van der Waals surface area contributed by atoms with E-state index >= 15 is 0 Å². The third-order valence-corrected chi connectivity index (χ3v) is 3.33. The van der Waals surface area contributed by atoms with Gasteiger partial charge in [-0.25, -0.2) is 0 Å². The molecule has 3 N–H and O–H groups in total. The van der Waals surface area contributed by atoms with Gasteiger partial charge in [-0.2, -0.15) is 0 Å². The zero-order chi connectivity index (χ0) is 10.7. The van der Waals surface area contributed by atoms with E-state index in [4.69, 9.17) is 15.2 Å². The highest BCUT2D eigenvalue weighted by molar-refractivity contribution is 4.88. The number of hydrogen-bond donors (Lipinski definition) is 2. The Morgan fingerprint density at radius 3 is 3.00 bits per heavy atom. The summed E-state index contributed by atoms with van der Waals surface area (Å²) in [6.07, 6.45) is 4.63. The molecule has 2 aliphatic rings. The normalized spacial score (nSPS) is 42.0. The van der Waals surface area contributed by atoms with Crippen molar-refractivity contribution in [3.05, 3.63) is 0 Å². The van der Waals surface area contributed by atoms with Crippen LogP contribution >= 0.6 is 0 Å². The van der Waals surface area contributed by atoms with Crippen LogP contribution in [0, 0.1) is 0 Å². The molecule has 1 heterocycles. The van der Waals surface area contributed by atoms with Crippen molar-refractivity contribution in [3.8, 4) is 0 Å². The summed E-state index contributed by atoms with van der Waals surface area (Å²) in [6, 6.07) is 0.132. The van der Waals surface area contributed by atoms with Gasteiger partial charge < -0.3 is 20.3 Å². The van der Waals surface area contributed by atoms with Gasteiger partial charge in [0.15, 0.2) is 0 Å². The van der Waals surface area contributed by atoms with E-state index in [1.165, 1.54) is 0 Å². The standard InChI is InChI=1S/C11H21NO3/c12-9-2-1-4-11(13,6-9)8-15-10-3-5-14-7-10/h9-10,13H,1-8,12H2. The minimum atomic E-state index is -0.694. The van der Waals surface area contributed by atoms with E-state index in [2.05, 4.69) is 0 Å². The molecule has 0 bridgehead atoms. The molecule has 88 valence electrons. The first kappa shape index (κ1) is 11.3. The van der Waals surface area contributed by atoms with Crippen molar-refractivity contribution in [1.29, 1.82) is 0 Å². The fourth-order valence-corrected chi connectivity index (χ4v) is 2.43. The maximum atomic E-state index is 10.3. The molecule has 0 aromatic carbocycles. The quantitative estimate of drug-likeness (QED) is 0.716. The summed E-state index contributed by atoms with van der Waals surface area (Å²) in [5, 5.41) is 10.3. The third-order valence-electron chi connectivity index (χ3n) is 3.33. The Balaban J connectivity index is 1.76. The molecule has 15 heavy (non-hydrogen) atoms. The van der Waals surface area contributed by atoms with Crippen molar-refractivity contribution >= 4 is 0 Å². The number of ether oxygens (including phenoxy) is 2. The maximum Gasteiger partial charge on any atom is 0.0895 e. The van der Waals surface area contributed by atoms with Crippen LogP contribution < -0.4 is 5.73 Å². The molecule has 4 heteroatoms. The van der Waals surface area contributed by atoms with Gasteiger partial charge in [0.05, 0.1) is 24.9 Å². The molecule has 1 aliphatic heterocycles. The largest absolute Gasteiger partial charge is 0.387 e. The second-order valence-corrected chi connectivity index (χ2v) is 4.88. The van der Waals surface area contributed by atoms with Crippen LogP contribution in [-0.2, 0) is 9.47 Å². The third kappa shape index (κ3) is 3.14. The summed E-state index contributed by atoms with van der Waals surface area (Å²) >= 11 is 0. The molecule has 1 saturated carbocycles. The highest BCUT2D eigenvalue weighted by Gasteiger charge is 2.34. The van der Waals surface area contributed by atoms with Gasteiger partial charge in [-0.1, -0.05) is 0 Å². The fourth-order valence-electron chi connectivity index (χ4n) is 2.43. The second-order valence-electron chi connectivity index (χ2n) is 4.88. The van der Waals surface area contributed by atoms with Crippen molar-refractivity contribution in [2.24, 2.45) is 5.73 Å². The topological polar surface area (TPSA) is 64.7 Å². The lowest BCUT2D eigenvalue weighted by atomic mass is 9.83. The molecule has 3 unspecified atom stereocenters. The Bertz CT molecular complexity index is 206. The summed E-state index contributed by atoms with van der Waals surface area (Å²) < 4.78 is 10.9. The smallest absolute Gasteiger partial charge is 0.0895 e. The molecular formula is C11H21NO3. The van der Waals surface area contributed by atoms with Gasteiger partial charge in [-0.3, -0.25) is 0 Å². The molecule has 4 nitrogen and oxygen atoms in total. The number of nitrogens with two attached hydrogens (primary N) is 1. The Kier molecular flexibility index (Phi) is 3.61. The number of rotatable bonds is 3. The molecule has 1 aliphatic carbocycles. The van der Waals surface area contributed by atoms with Crippen LogP contribution in [0.25, 0.3) is 0 Å². The van der Waals surface area contributed by atoms with Crippen LogP contribution in [0.4, 0.5) is 0 Å². The summed E-state index contributed by atoms with van der Waals surface area (Å²) in [4.78, 5) is 0. The average molecular weight is 215 g/mol. The Labute approximate surface area is 90.7 Å². The molecular weight excluding hydrogens is 194 g/mol. The van der Waals surface area contributed by atoms with Gasteiger partial charge in [-0.15, -0.1) is 0 Å². The lowest BCUT2D eigenvalue weighted by Crippen LogP contribution is -2.45. The van der Waals surface area contributed by atoms with Gasteiger partial charge in [-0.05, 0) is 32.1 Å². The molecule has 2 rings (SSSR count). The van der Waals surface area contributed by atoms with Crippen molar-refractivity contribution < 1.29 is 14.6 Å². The number of aliphatic hydroxyl groups is 1. The van der Waals surface area contributed by atoms with Crippen molar-refractivity contribution in [1.82, 2.24) is 0 Å². The minimum Gasteiger partial charge on any atom is -0.387 e. The molecule has 2 fully saturated rings. The summed E-state index contributed by atoms with van der Waals surface area (Å²) in [7, 11) is 0. The van der Waals surface area contributed by atoms with E-state index < -0.39 is 5.60 Å². The molecule has 0 aromatic rings. The first-order chi connectivity index (χ1) is 7.18. The summed E-state index contributed by atoms with van der Waals surface area (Å²) in [5.74, 6) is 0. The Hall–Kier alpha value is -0.160. The molecule has 3 atom stereocenters. The highest BCUT2D eigenvalue weighted by Crippen LogP contribution is 2.28. The monoisotopic (exact) mass is 215 g/mol. The summed E-state index contributed by atoms with van der Waals surface area (Å²) in [6.45, 7) is 1.86. The lowest BCUT2D eigenvalue weighted by molar-refractivity contribution is -0.0935. The Morgan fingerprint density at radius 1 is 1.47 bits per heavy atom. The van der Waals surface area contributed by atoms with Gasteiger partial charge in [0, 0.05) is 12.6 Å². The van der Waals surface area contributed by atoms with Gasteiger partial charge in [0.2, 0.25) is 0 Å². The average Bonchev–Trinajstić information content (AvgIpc) is 2.67. The van der Waals surface area contributed by atoms with E-state index in [-0.39, 0.29) is 12.1 Å². The Morgan fingerprint density at radius 2 is 2.33 bits per heavy atom. The van der Waals surface area contributed by atoms with E-state index in [9.17, 15) is 5.11 Å². The van der Waals surface area contributed by atoms with Crippen LogP contribution in [0.5, 0.6) is 0 Å².